The molecule has 6 nitrogen and oxygen atoms in total. The Morgan fingerprint density at radius 3 is 2.70 bits per heavy atom. The van der Waals surface area contributed by atoms with Crippen molar-refractivity contribution in [2.24, 2.45) is 0 Å². The lowest BCUT2D eigenvalue weighted by atomic mass is 10.3. The van der Waals surface area contributed by atoms with Gasteiger partial charge in [-0.2, -0.15) is 9.59 Å². The molecule has 0 saturated carbocycles. The lowest BCUT2D eigenvalue weighted by Crippen LogP contribution is -2.00. The molecule has 2 aromatic rings. The summed E-state index contributed by atoms with van der Waals surface area (Å²) in [5.41, 5.74) is 5.46. The van der Waals surface area contributed by atoms with Crippen LogP contribution < -0.4 is 15.2 Å². The summed E-state index contributed by atoms with van der Waals surface area (Å²) in [6.45, 7) is 2.51. The van der Waals surface area contributed by atoms with E-state index in [1.165, 1.54) is 6.07 Å². The van der Waals surface area contributed by atoms with E-state index >= 15 is 0 Å². The molecule has 0 atom stereocenters. The zero-order valence-electron chi connectivity index (χ0n) is 12.2. The van der Waals surface area contributed by atoms with E-state index in [4.69, 9.17) is 36.4 Å². The quantitative estimate of drug-likeness (QED) is 0.838. The number of rotatable bonds is 5. The molecule has 1 aromatic carbocycles. The van der Waals surface area contributed by atoms with Gasteiger partial charge in [0.15, 0.2) is 5.75 Å². The van der Waals surface area contributed by atoms with Crippen molar-refractivity contribution in [3.05, 3.63) is 41.3 Å². The van der Waals surface area contributed by atoms with Crippen molar-refractivity contribution >= 4 is 23.4 Å². The molecule has 2 N–H and O–H groups in total. The number of hydrogen-bond donors (Lipinski definition) is 1. The van der Waals surface area contributed by atoms with E-state index < -0.39 is 5.82 Å². The van der Waals surface area contributed by atoms with Crippen LogP contribution in [0.1, 0.15) is 13.3 Å². The van der Waals surface area contributed by atoms with Crippen molar-refractivity contribution in [1.82, 2.24) is 4.98 Å². The first kappa shape index (κ1) is 18.4. The van der Waals surface area contributed by atoms with Gasteiger partial charge in [0.2, 0.25) is 0 Å². The number of nitrogens with zero attached hydrogens (tertiary/aromatic N) is 1. The minimum absolute atomic E-state index is 0.0377. The fourth-order valence-electron chi connectivity index (χ4n) is 1.50. The van der Waals surface area contributed by atoms with Crippen molar-refractivity contribution in [1.29, 1.82) is 0 Å². The number of halogens is 2. The molecule has 122 valence electrons. The molecule has 0 amide bonds. The fraction of sp³-hybridized carbons (Fsp3) is 0.200. The summed E-state index contributed by atoms with van der Waals surface area (Å²) in [6.07, 6.45) is 2.69. The topological polar surface area (TPSA) is 91.5 Å². The average molecular weight is 341 g/mol. The molecule has 0 aliphatic heterocycles. The van der Waals surface area contributed by atoms with Gasteiger partial charge in [0, 0.05) is 12.3 Å². The largest absolute Gasteiger partial charge is 0.475 e. The first-order chi connectivity index (χ1) is 11.0. The number of anilines is 1. The second-order valence-corrected chi connectivity index (χ2v) is 4.55. The molecule has 2 rings (SSSR count). The maximum absolute atomic E-state index is 13.2. The summed E-state index contributed by atoms with van der Waals surface area (Å²) in [5.74, 6) is 0.415. The summed E-state index contributed by atoms with van der Waals surface area (Å²) in [6, 6.07) is 5.83. The normalized spacial score (nSPS) is 9.35. The Labute approximate surface area is 137 Å². The summed E-state index contributed by atoms with van der Waals surface area (Å²) < 4.78 is 24.3. The van der Waals surface area contributed by atoms with Gasteiger partial charge < -0.3 is 15.2 Å². The number of nitrogens with two attached hydrogens (primary N) is 1. The van der Waals surface area contributed by atoms with Gasteiger partial charge in [-0.1, -0.05) is 18.5 Å². The maximum Gasteiger partial charge on any atom is 0.373 e. The molecule has 23 heavy (non-hydrogen) atoms. The van der Waals surface area contributed by atoms with Crippen molar-refractivity contribution in [2.45, 2.75) is 13.3 Å². The van der Waals surface area contributed by atoms with Crippen LogP contribution in [0, 0.1) is 5.82 Å². The Morgan fingerprint density at radius 2 is 2.04 bits per heavy atom. The molecule has 1 aromatic heterocycles. The van der Waals surface area contributed by atoms with Gasteiger partial charge in [0.25, 0.3) is 5.88 Å². The lowest BCUT2D eigenvalue weighted by Gasteiger charge is -2.12. The van der Waals surface area contributed by atoms with Gasteiger partial charge in [-0.3, -0.25) is 0 Å². The highest BCUT2D eigenvalue weighted by Gasteiger charge is 2.12. The van der Waals surface area contributed by atoms with Crippen LogP contribution in [0.2, 0.25) is 5.02 Å². The minimum atomic E-state index is -0.587. The molecule has 0 aliphatic rings. The number of pyridine rings is 1. The fourth-order valence-corrected chi connectivity index (χ4v) is 1.69. The number of aromatic nitrogens is 1. The van der Waals surface area contributed by atoms with Crippen molar-refractivity contribution in [3.8, 4) is 17.4 Å². The van der Waals surface area contributed by atoms with E-state index in [9.17, 15) is 4.39 Å². The molecule has 0 fully saturated rings. The summed E-state index contributed by atoms with van der Waals surface area (Å²) in [5, 5.41) is 0.127. The molecule has 0 saturated heterocycles. The number of ether oxygens (including phenoxy) is 2. The zero-order chi connectivity index (χ0) is 17.2. The Balaban J connectivity index is 0.000000816. The first-order valence-electron chi connectivity index (χ1n) is 6.52. The van der Waals surface area contributed by atoms with E-state index in [0.29, 0.717) is 18.2 Å². The highest BCUT2D eigenvalue weighted by atomic mass is 35.5. The second kappa shape index (κ2) is 9.40. The zero-order valence-corrected chi connectivity index (χ0v) is 13.0. The number of benzene rings is 1. The smallest absolute Gasteiger partial charge is 0.373 e. The highest BCUT2D eigenvalue weighted by Crippen LogP contribution is 2.35. The van der Waals surface area contributed by atoms with E-state index in [1.54, 1.807) is 18.3 Å². The molecule has 8 heteroatoms. The first-order valence-corrected chi connectivity index (χ1v) is 6.90. The monoisotopic (exact) mass is 340 g/mol. The van der Waals surface area contributed by atoms with Crippen LogP contribution in [0.3, 0.4) is 0 Å². The van der Waals surface area contributed by atoms with Crippen LogP contribution in [-0.2, 0) is 9.59 Å². The van der Waals surface area contributed by atoms with Crippen LogP contribution in [0.5, 0.6) is 17.4 Å². The molecule has 0 spiro atoms. The Morgan fingerprint density at radius 1 is 1.35 bits per heavy atom. The molecule has 0 unspecified atom stereocenters. The molecule has 0 aliphatic carbocycles. The second-order valence-electron chi connectivity index (χ2n) is 4.14. The highest BCUT2D eigenvalue weighted by molar-refractivity contribution is 6.32. The molecule has 0 radical (unpaired) electrons. The lowest BCUT2D eigenvalue weighted by molar-refractivity contribution is -0.191. The van der Waals surface area contributed by atoms with E-state index in [0.717, 1.165) is 12.5 Å². The third-order valence-corrected chi connectivity index (χ3v) is 2.75. The molecular weight excluding hydrogens is 327 g/mol. The Kier molecular flexibility index (Phi) is 7.53. The van der Waals surface area contributed by atoms with Gasteiger partial charge in [0.05, 0.1) is 17.3 Å². The standard InChI is InChI=1S/C14H14ClFN2O2.CO2/c1-2-6-19-14-12(4-3-5-18-14)20-13-8-11(17)10(16)7-9(13)15;2-1-3/h3-5,7-8H,2,6,17H2,1H3;. The Bertz CT molecular complexity index is 691. The van der Waals surface area contributed by atoms with E-state index in [-0.39, 0.29) is 22.6 Å². The summed E-state index contributed by atoms with van der Waals surface area (Å²) >= 11 is 5.93. The van der Waals surface area contributed by atoms with Crippen LogP contribution >= 0.6 is 11.6 Å². The SMILES string of the molecule is CCCOc1ncccc1Oc1cc(N)c(F)cc1Cl.O=C=O. The molecule has 0 bridgehead atoms. The van der Waals surface area contributed by atoms with Gasteiger partial charge in [-0.15, -0.1) is 0 Å². The minimum Gasteiger partial charge on any atom is -0.475 e. The van der Waals surface area contributed by atoms with Gasteiger partial charge in [-0.25, -0.2) is 9.37 Å². The predicted molar refractivity (Wildman–Crippen MR) is 80.9 cm³/mol. The van der Waals surface area contributed by atoms with E-state index in [1.807, 2.05) is 6.92 Å². The Hall–Kier alpha value is -2.63. The van der Waals surface area contributed by atoms with Crippen LogP contribution in [0.25, 0.3) is 0 Å². The van der Waals surface area contributed by atoms with Crippen molar-refractivity contribution in [2.75, 3.05) is 12.3 Å². The van der Waals surface area contributed by atoms with Crippen LogP contribution in [0.15, 0.2) is 30.5 Å². The third-order valence-electron chi connectivity index (χ3n) is 2.45. The van der Waals surface area contributed by atoms with E-state index in [2.05, 4.69) is 4.98 Å². The van der Waals surface area contributed by atoms with Crippen molar-refractivity contribution < 1.29 is 23.5 Å². The summed E-state index contributed by atoms with van der Waals surface area (Å²) in [7, 11) is 0. The third kappa shape index (κ3) is 5.58. The number of carbonyl (C=O) groups excluding carboxylic acids is 2. The van der Waals surface area contributed by atoms with Crippen LogP contribution in [-0.4, -0.2) is 17.7 Å². The maximum atomic E-state index is 13.2. The predicted octanol–water partition coefficient (Wildman–Crippen LogP) is 3.45. The average Bonchev–Trinajstić information content (AvgIpc) is 2.52. The van der Waals surface area contributed by atoms with Crippen LogP contribution in [0.4, 0.5) is 10.1 Å². The van der Waals surface area contributed by atoms with Gasteiger partial charge in [0.1, 0.15) is 11.6 Å². The molecular formula is C15H14ClFN2O4. The van der Waals surface area contributed by atoms with Crippen molar-refractivity contribution in [3.63, 3.8) is 0 Å². The number of hydrogen-bond acceptors (Lipinski definition) is 6. The summed E-state index contributed by atoms with van der Waals surface area (Å²) in [4.78, 5) is 20.3. The molecule has 1 heterocycles. The number of nitrogen functional groups attached to an aromatic ring is 1. The van der Waals surface area contributed by atoms with Gasteiger partial charge in [-0.05, 0) is 24.6 Å². The van der Waals surface area contributed by atoms with Gasteiger partial charge >= 0.3 is 6.15 Å².